The SMILES string of the molecule is CCc1cccc(C)c1NC(=O)C1(C(=O)Nc2ccc3c(c2)OCCO3)CC1. The van der Waals surface area contributed by atoms with Crippen LogP contribution in [-0.4, -0.2) is 25.0 Å². The molecular weight excluding hydrogens is 356 g/mol. The van der Waals surface area contributed by atoms with Crippen LogP contribution < -0.4 is 20.1 Å². The van der Waals surface area contributed by atoms with Crippen molar-refractivity contribution in [2.45, 2.75) is 33.1 Å². The highest BCUT2D eigenvalue weighted by Gasteiger charge is 2.56. The second kappa shape index (κ2) is 7.19. The number of anilines is 2. The molecule has 0 unspecified atom stereocenters. The monoisotopic (exact) mass is 380 g/mol. The van der Waals surface area contributed by atoms with E-state index in [0.717, 1.165) is 23.2 Å². The van der Waals surface area contributed by atoms with Crippen LogP contribution in [-0.2, 0) is 16.0 Å². The quantitative estimate of drug-likeness (QED) is 0.776. The number of carbonyl (C=O) groups excluding carboxylic acids is 2. The van der Waals surface area contributed by atoms with Crippen molar-refractivity contribution in [1.82, 2.24) is 0 Å². The summed E-state index contributed by atoms with van der Waals surface area (Å²) in [5.74, 6) is 0.737. The molecule has 1 aliphatic carbocycles. The summed E-state index contributed by atoms with van der Waals surface area (Å²) in [6.45, 7) is 5.00. The van der Waals surface area contributed by atoms with Crippen molar-refractivity contribution < 1.29 is 19.1 Å². The van der Waals surface area contributed by atoms with Gasteiger partial charge in [-0.15, -0.1) is 0 Å². The van der Waals surface area contributed by atoms with Crippen LogP contribution in [0.3, 0.4) is 0 Å². The van der Waals surface area contributed by atoms with Crippen molar-refractivity contribution in [3.05, 3.63) is 47.5 Å². The third-order valence-corrected chi connectivity index (χ3v) is 5.40. The van der Waals surface area contributed by atoms with Gasteiger partial charge in [0.15, 0.2) is 11.5 Å². The van der Waals surface area contributed by atoms with Crippen LogP contribution in [0.25, 0.3) is 0 Å². The van der Waals surface area contributed by atoms with Crippen LogP contribution in [0.4, 0.5) is 11.4 Å². The van der Waals surface area contributed by atoms with E-state index in [1.807, 2.05) is 32.0 Å². The standard InChI is InChI=1S/C22H24N2O4/c1-3-15-6-4-5-14(2)19(15)24-21(26)22(9-10-22)20(25)23-16-7-8-17-18(13-16)28-12-11-27-17/h4-8,13H,3,9-12H2,1-2H3,(H,23,25)(H,24,26). The van der Waals surface area contributed by atoms with E-state index in [2.05, 4.69) is 10.6 Å². The van der Waals surface area contributed by atoms with Crippen LogP contribution in [0.2, 0.25) is 0 Å². The van der Waals surface area contributed by atoms with Gasteiger partial charge in [0.25, 0.3) is 0 Å². The number of amides is 2. The Morgan fingerprint density at radius 3 is 2.43 bits per heavy atom. The van der Waals surface area contributed by atoms with Gasteiger partial charge in [0.2, 0.25) is 11.8 Å². The minimum absolute atomic E-state index is 0.244. The first-order valence-electron chi connectivity index (χ1n) is 9.64. The van der Waals surface area contributed by atoms with E-state index in [4.69, 9.17) is 9.47 Å². The van der Waals surface area contributed by atoms with Crippen molar-refractivity contribution in [3.63, 3.8) is 0 Å². The van der Waals surface area contributed by atoms with Crippen LogP contribution in [0.1, 0.15) is 30.9 Å². The smallest absolute Gasteiger partial charge is 0.240 e. The lowest BCUT2D eigenvalue weighted by Crippen LogP contribution is -2.36. The maximum absolute atomic E-state index is 13.0. The van der Waals surface area contributed by atoms with E-state index < -0.39 is 5.41 Å². The molecule has 1 fully saturated rings. The van der Waals surface area contributed by atoms with Gasteiger partial charge in [0, 0.05) is 17.4 Å². The Hall–Kier alpha value is -3.02. The molecule has 0 aromatic heterocycles. The third-order valence-electron chi connectivity index (χ3n) is 5.40. The number of hydrogen-bond acceptors (Lipinski definition) is 4. The van der Waals surface area contributed by atoms with Crippen molar-refractivity contribution in [1.29, 1.82) is 0 Å². The molecule has 146 valence electrons. The van der Waals surface area contributed by atoms with Crippen molar-refractivity contribution in [2.75, 3.05) is 23.8 Å². The topological polar surface area (TPSA) is 76.7 Å². The predicted molar refractivity (Wildman–Crippen MR) is 107 cm³/mol. The molecule has 0 bridgehead atoms. The Labute approximate surface area is 164 Å². The molecule has 0 atom stereocenters. The van der Waals surface area contributed by atoms with E-state index in [9.17, 15) is 9.59 Å². The van der Waals surface area contributed by atoms with E-state index >= 15 is 0 Å². The van der Waals surface area contributed by atoms with Gasteiger partial charge in [-0.05, 0) is 49.4 Å². The van der Waals surface area contributed by atoms with Gasteiger partial charge in [0.1, 0.15) is 18.6 Å². The molecule has 0 spiro atoms. The molecule has 0 radical (unpaired) electrons. The Morgan fingerprint density at radius 2 is 1.71 bits per heavy atom. The summed E-state index contributed by atoms with van der Waals surface area (Å²) < 4.78 is 11.1. The van der Waals surface area contributed by atoms with E-state index in [1.54, 1.807) is 18.2 Å². The number of fused-ring (bicyclic) bond motifs is 1. The summed E-state index contributed by atoms with van der Waals surface area (Å²) in [6, 6.07) is 11.2. The van der Waals surface area contributed by atoms with E-state index in [1.165, 1.54) is 0 Å². The Balaban J connectivity index is 1.49. The zero-order valence-electron chi connectivity index (χ0n) is 16.1. The fourth-order valence-corrected chi connectivity index (χ4v) is 3.49. The highest BCUT2D eigenvalue weighted by atomic mass is 16.6. The number of carbonyl (C=O) groups is 2. The fraction of sp³-hybridized carbons (Fsp3) is 0.364. The average molecular weight is 380 g/mol. The molecule has 6 heteroatoms. The van der Waals surface area contributed by atoms with Gasteiger partial charge in [-0.25, -0.2) is 0 Å². The molecule has 2 N–H and O–H groups in total. The average Bonchev–Trinajstić information content (AvgIpc) is 3.51. The largest absolute Gasteiger partial charge is 0.486 e. The highest BCUT2D eigenvalue weighted by Crippen LogP contribution is 2.48. The first-order valence-corrected chi connectivity index (χ1v) is 9.64. The molecule has 0 saturated heterocycles. The summed E-state index contributed by atoms with van der Waals surface area (Å²) in [7, 11) is 0. The van der Waals surface area contributed by atoms with Crippen molar-refractivity contribution in [3.8, 4) is 11.5 Å². The molecular formula is C22H24N2O4. The van der Waals surface area contributed by atoms with E-state index in [0.29, 0.717) is 43.2 Å². The number of aryl methyl sites for hydroxylation is 2. The summed E-state index contributed by atoms with van der Waals surface area (Å²) in [4.78, 5) is 25.9. The van der Waals surface area contributed by atoms with E-state index in [-0.39, 0.29) is 11.8 Å². The molecule has 28 heavy (non-hydrogen) atoms. The number of nitrogens with one attached hydrogen (secondary N) is 2. The van der Waals surface area contributed by atoms with Crippen molar-refractivity contribution in [2.24, 2.45) is 5.41 Å². The van der Waals surface area contributed by atoms with Gasteiger partial charge in [-0.2, -0.15) is 0 Å². The van der Waals surface area contributed by atoms with Gasteiger partial charge < -0.3 is 20.1 Å². The van der Waals surface area contributed by atoms with Crippen LogP contribution in [0.15, 0.2) is 36.4 Å². The molecule has 4 rings (SSSR count). The summed E-state index contributed by atoms with van der Waals surface area (Å²) >= 11 is 0. The van der Waals surface area contributed by atoms with Gasteiger partial charge in [-0.1, -0.05) is 25.1 Å². The van der Waals surface area contributed by atoms with Crippen LogP contribution in [0, 0.1) is 12.3 Å². The molecule has 2 aromatic carbocycles. The lowest BCUT2D eigenvalue weighted by atomic mass is 10.0. The molecule has 1 saturated carbocycles. The molecule has 1 heterocycles. The highest BCUT2D eigenvalue weighted by molar-refractivity contribution is 6.17. The number of benzene rings is 2. The van der Waals surface area contributed by atoms with Gasteiger partial charge >= 0.3 is 0 Å². The number of para-hydroxylation sites is 1. The minimum Gasteiger partial charge on any atom is -0.486 e. The second-order valence-electron chi connectivity index (χ2n) is 7.31. The zero-order valence-corrected chi connectivity index (χ0v) is 16.1. The second-order valence-corrected chi connectivity index (χ2v) is 7.31. The predicted octanol–water partition coefficient (Wildman–Crippen LogP) is 3.69. The maximum Gasteiger partial charge on any atom is 0.240 e. The number of hydrogen-bond donors (Lipinski definition) is 2. The first kappa shape index (κ1) is 18.3. The Bertz CT molecular complexity index is 934. The first-order chi connectivity index (χ1) is 13.5. The number of ether oxygens (including phenoxy) is 2. The molecule has 2 aromatic rings. The Kier molecular flexibility index (Phi) is 4.71. The summed E-state index contributed by atoms with van der Waals surface area (Å²) in [5, 5.41) is 5.87. The minimum atomic E-state index is -1.01. The molecule has 2 aliphatic rings. The zero-order chi connectivity index (χ0) is 19.7. The number of rotatable bonds is 5. The summed E-state index contributed by atoms with van der Waals surface area (Å²) in [6.07, 6.45) is 1.90. The fourth-order valence-electron chi connectivity index (χ4n) is 3.49. The molecule has 2 amide bonds. The van der Waals surface area contributed by atoms with Crippen LogP contribution >= 0.6 is 0 Å². The lowest BCUT2D eigenvalue weighted by molar-refractivity contribution is -0.131. The van der Waals surface area contributed by atoms with Gasteiger partial charge in [0.05, 0.1) is 0 Å². The normalized spacial score (nSPS) is 16.2. The lowest BCUT2D eigenvalue weighted by Gasteiger charge is -2.20. The molecule has 1 aliphatic heterocycles. The molecule has 6 nitrogen and oxygen atoms in total. The Morgan fingerprint density at radius 1 is 1.00 bits per heavy atom. The summed E-state index contributed by atoms with van der Waals surface area (Å²) in [5.41, 5.74) is 2.46. The maximum atomic E-state index is 13.0. The van der Waals surface area contributed by atoms with Crippen molar-refractivity contribution >= 4 is 23.2 Å². The van der Waals surface area contributed by atoms with Crippen LogP contribution in [0.5, 0.6) is 11.5 Å². The third kappa shape index (κ3) is 3.30. The van der Waals surface area contributed by atoms with Gasteiger partial charge in [-0.3, -0.25) is 9.59 Å².